The number of nitrogens with one attached hydrogen (secondary N) is 4. The Morgan fingerprint density at radius 3 is 2.07 bits per heavy atom. The fraction of sp³-hybridized carbons (Fsp3) is 0.526. The van der Waals surface area contributed by atoms with Crippen LogP contribution in [0.3, 0.4) is 0 Å². The molecule has 152 valence electrons. The van der Waals surface area contributed by atoms with Crippen LogP contribution in [0.25, 0.3) is 0 Å². The minimum absolute atomic E-state index is 0. The third-order valence-electron chi connectivity index (χ3n) is 3.25. The van der Waals surface area contributed by atoms with Gasteiger partial charge in [0.05, 0.1) is 13.1 Å². The van der Waals surface area contributed by atoms with Gasteiger partial charge >= 0.3 is 0 Å². The van der Waals surface area contributed by atoms with Crippen molar-refractivity contribution in [1.82, 2.24) is 21.3 Å². The van der Waals surface area contributed by atoms with Crippen LogP contribution >= 0.6 is 24.0 Å². The first-order valence-electron chi connectivity index (χ1n) is 8.95. The Balaban J connectivity index is 0.00000676. The van der Waals surface area contributed by atoms with Crippen molar-refractivity contribution in [1.29, 1.82) is 0 Å². The molecule has 1 aromatic rings. The molecule has 8 heteroatoms. The Hall–Kier alpha value is -1.84. The predicted molar refractivity (Wildman–Crippen MR) is 121 cm³/mol. The number of benzene rings is 1. The van der Waals surface area contributed by atoms with E-state index in [1.54, 1.807) is 12.1 Å². The number of guanidine groups is 1. The summed E-state index contributed by atoms with van der Waals surface area (Å²) in [6.45, 7) is 11.6. The van der Waals surface area contributed by atoms with Gasteiger partial charge < -0.3 is 21.3 Å². The van der Waals surface area contributed by atoms with E-state index in [0.717, 1.165) is 5.56 Å². The Kier molecular flexibility index (Phi) is 11.7. The van der Waals surface area contributed by atoms with Crippen LogP contribution in [0.5, 0.6) is 0 Å². The maximum atomic E-state index is 11.9. The summed E-state index contributed by atoms with van der Waals surface area (Å²) < 4.78 is 0. The first kappa shape index (κ1) is 25.2. The highest BCUT2D eigenvalue weighted by atomic mass is 127. The number of nitrogens with zero attached hydrogens (tertiary/aromatic N) is 1. The summed E-state index contributed by atoms with van der Waals surface area (Å²) in [6, 6.07) is 7.33. The predicted octanol–water partition coefficient (Wildman–Crippen LogP) is 2.02. The third kappa shape index (κ3) is 10.8. The highest BCUT2D eigenvalue weighted by Crippen LogP contribution is 2.06. The van der Waals surface area contributed by atoms with E-state index in [4.69, 9.17) is 0 Å². The molecule has 0 radical (unpaired) electrons. The second kappa shape index (κ2) is 12.5. The van der Waals surface area contributed by atoms with Crippen LogP contribution in [0, 0.1) is 0 Å². The highest BCUT2D eigenvalue weighted by molar-refractivity contribution is 14.0. The van der Waals surface area contributed by atoms with Gasteiger partial charge in [-0.1, -0.05) is 12.1 Å². The van der Waals surface area contributed by atoms with Gasteiger partial charge in [-0.25, -0.2) is 4.99 Å². The van der Waals surface area contributed by atoms with Crippen LogP contribution in [-0.2, 0) is 11.3 Å². The molecule has 0 aliphatic rings. The zero-order valence-corrected chi connectivity index (χ0v) is 19.1. The van der Waals surface area contributed by atoms with Crippen molar-refractivity contribution in [3.8, 4) is 0 Å². The molecule has 7 nitrogen and oxygen atoms in total. The van der Waals surface area contributed by atoms with E-state index in [9.17, 15) is 9.59 Å². The van der Waals surface area contributed by atoms with Gasteiger partial charge in [-0.05, 0) is 52.3 Å². The summed E-state index contributed by atoms with van der Waals surface area (Å²) in [4.78, 5) is 28.1. The van der Waals surface area contributed by atoms with Gasteiger partial charge in [0, 0.05) is 24.2 Å². The SMILES string of the molecule is CCNC(=O)c1ccc(CN=C(NCC)NCC(=O)NC(C)(C)C)cc1.I. The normalized spacial score (nSPS) is 11.2. The first-order chi connectivity index (χ1) is 12.2. The molecule has 0 saturated carbocycles. The van der Waals surface area contributed by atoms with Crippen molar-refractivity contribution >= 4 is 41.8 Å². The van der Waals surface area contributed by atoms with E-state index in [2.05, 4.69) is 26.3 Å². The lowest BCUT2D eigenvalue weighted by molar-refractivity contribution is -0.121. The maximum Gasteiger partial charge on any atom is 0.251 e. The number of aliphatic imine (C=N–C) groups is 1. The molecule has 0 aliphatic carbocycles. The molecule has 0 heterocycles. The molecular formula is C19H32IN5O2. The summed E-state index contributed by atoms with van der Waals surface area (Å²) >= 11 is 0. The largest absolute Gasteiger partial charge is 0.357 e. The second-order valence-electron chi connectivity index (χ2n) is 6.90. The van der Waals surface area contributed by atoms with Gasteiger partial charge in [0.2, 0.25) is 5.91 Å². The maximum absolute atomic E-state index is 11.9. The summed E-state index contributed by atoms with van der Waals surface area (Å²) in [5, 5.41) is 11.8. The fourth-order valence-corrected chi connectivity index (χ4v) is 2.16. The Bertz CT molecular complexity index is 624. The van der Waals surface area contributed by atoms with Gasteiger partial charge in [-0.3, -0.25) is 9.59 Å². The molecule has 0 unspecified atom stereocenters. The molecule has 1 aromatic carbocycles. The van der Waals surface area contributed by atoms with Crippen molar-refractivity contribution in [2.75, 3.05) is 19.6 Å². The number of carbonyl (C=O) groups is 2. The van der Waals surface area contributed by atoms with Crippen LogP contribution in [0.4, 0.5) is 0 Å². The lowest BCUT2D eigenvalue weighted by Gasteiger charge is -2.21. The first-order valence-corrected chi connectivity index (χ1v) is 8.95. The van der Waals surface area contributed by atoms with E-state index < -0.39 is 0 Å². The molecule has 0 fully saturated rings. The van der Waals surface area contributed by atoms with Gasteiger partial charge in [0.15, 0.2) is 5.96 Å². The lowest BCUT2D eigenvalue weighted by atomic mass is 10.1. The topological polar surface area (TPSA) is 94.6 Å². The standard InChI is InChI=1S/C19H31N5O2.HI/c1-6-20-17(26)15-10-8-14(9-11-15)12-22-18(21-7-2)23-13-16(25)24-19(3,4)5;/h8-11H,6-7,12-13H2,1-5H3,(H,20,26)(H,24,25)(H2,21,22,23);1H. The van der Waals surface area contributed by atoms with Gasteiger partial charge in [-0.15, -0.1) is 24.0 Å². The number of carbonyl (C=O) groups excluding carboxylic acids is 2. The quantitative estimate of drug-likeness (QED) is 0.268. The van der Waals surface area contributed by atoms with Crippen LogP contribution in [-0.4, -0.2) is 42.9 Å². The molecule has 27 heavy (non-hydrogen) atoms. The highest BCUT2D eigenvalue weighted by Gasteiger charge is 2.13. The third-order valence-corrected chi connectivity index (χ3v) is 3.25. The average Bonchev–Trinajstić information content (AvgIpc) is 2.56. The second-order valence-corrected chi connectivity index (χ2v) is 6.90. The number of hydrogen-bond acceptors (Lipinski definition) is 3. The Morgan fingerprint density at radius 1 is 0.963 bits per heavy atom. The van der Waals surface area contributed by atoms with Crippen LogP contribution in [0.15, 0.2) is 29.3 Å². The van der Waals surface area contributed by atoms with E-state index in [0.29, 0.717) is 31.2 Å². The van der Waals surface area contributed by atoms with E-state index >= 15 is 0 Å². The van der Waals surface area contributed by atoms with Gasteiger partial charge in [0.1, 0.15) is 0 Å². The molecule has 0 aromatic heterocycles. The zero-order valence-electron chi connectivity index (χ0n) is 16.8. The van der Waals surface area contributed by atoms with Crippen molar-refractivity contribution in [2.24, 2.45) is 4.99 Å². The van der Waals surface area contributed by atoms with Gasteiger partial charge in [0.25, 0.3) is 5.91 Å². The minimum atomic E-state index is -0.264. The average molecular weight is 489 g/mol. The Morgan fingerprint density at radius 2 is 1.56 bits per heavy atom. The number of hydrogen-bond donors (Lipinski definition) is 4. The molecule has 1 rings (SSSR count). The van der Waals surface area contributed by atoms with Crippen LogP contribution in [0.1, 0.15) is 50.5 Å². The smallest absolute Gasteiger partial charge is 0.251 e. The number of amides is 2. The molecular weight excluding hydrogens is 457 g/mol. The summed E-state index contributed by atoms with van der Waals surface area (Å²) in [6.07, 6.45) is 0. The van der Waals surface area contributed by atoms with E-state index in [-0.39, 0.29) is 47.9 Å². The molecule has 0 aliphatic heterocycles. The molecule has 4 N–H and O–H groups in total. The van der Waals surface area contributed by atoms with Crippen molar-refractivity contribution in [2.45, 2.75) is 46.7 Å². The van der Waals surface area contributed by atoms with Crippen molar-refractivity contribution in [3.05, 3.63) is 35.4 Å². The monoisotopic (exact) mass is 489 g/mol. The number of rotatable bonds is 7. The van der Waals surface area contributed by atoms with Crippen molar-refractivity contribution < 1.29 is 9.59 Å². The number of halogens is 1. The van der Waals surface area contributed by atoms with Crippen molar-refractivity contribution in [3.63, 3.8) is 0 Å². The molecule has 0 bridgehead atoms. The lowest BCUT2D eigenvalue weighted by Crippen LogP contribution is -2.48. The van der Waals surface area contributed by atoms with Gasteiger partial charge in [-0.2, -0.15) is 0 Å². The van der Waals surface area contributed by atoms with Crippen LogP contribution < -0.4 is 21.3 Å². The zero-order chi connectivity index (χ0) is 19.6. The van der Waals surface area contributed by atoms with E-state index in [1.165, 1.54) is 0 Å². The molecule has 0 atom stereocenters. The molecule has 0 saturated heterocycles. The Labute approximate surface area is 179 Å². The summed E-state index contributed by atoms with van der Waals surface area (Å²) in [5.41, 5.74) is 1.35. The van der Waals surface area contributed by atoms with Crippen LogP contribution in [0.2, 0.25) is 0 Å². The summed E-state index contributed by atoms with van der Waals surface area (Å²) in [5.74, 6) is 0.404. The summed E-state index contributed by atoms with van der Waals surface area (Å²) in [7, 11) is 0. The fourth-order valence-electron chi connectivity index (χ4n) is 2.16. The van der Waals surface area contributed by atoms with E-state index in [1.807, 2.05) is 46.8 Å². The molecule has 2 amide bonds. The molecule has 0 spiro atoms. The minimum Gasteiger partial charge on any atom is -0.357 e.